The van der Waals surface area contributed by atoms with Gasteiger partial charge in [0.1, 0.15) is 12.2 Å². The number of halogens is 1. The number of hydrogen-bond donors (Lipinski definition) is 0. The van der Waals surface area contributed by atoms with Crippen molar-refractivity contribution in [1.82, 2.24) is 0 Å². The highest BCUT2D eigenvalue weighted by molar-refractivity contribution is 9.10. The Bertz CT molecular complexity index is 686. The molecule has 0 N–H and O–H groups in total. The number of ether oxygens (including phenoxy) is 4. The minimum absolute atomic E-state index is 0.0291. The van der Waals surface area contributed by atoms with Gasteiger partial charge in [-0.3, -0.25) is 14.4 Å². The van der Waals surface area contributed by atoms with E-state index >= 15 is 0 Å². The van der Waals surface area contributed by atoms with Gasteiger partial charge in [0.2, 0.25) is 0 Å². The van der Waals surface area contributed by atoms with Gasteiger partial charge in [0, 0.05) is 23.4 Å². The monoisotopic (exact) mass is 442 g/mol. The largest absolute Gasteiger partial charge is 0.461 e. The summed E-state index contributed by atoms with van der Waals surface area (Å²) in [5.74, 6) is -1.66. The molecular weight excluding hydrogens is 420 g/mol. The SMILES string of the molecule is CC(=O)O[C@H]([C@H]1OC(C)(C)O[C@@H]1CC(=O)c1ccc(Br)cc1)[C@H](C)OC=O. The van der Waals surface area contributed by atoms with Crippen LogP contribution in [0.25, 0.3) is 0 Å². The van der Waals surface area contributed by atoms with Gasteiger partial charge >= 0.3 is 5.97 Å². The summed E-state index contributed by atoms with van der Waals surface area (Å²) in [6.07, 6.45) is -3.07. The van der Waals surface area contributed by atoms with Crippen molar-refractivity contribution in [3.05, 3.63) is 34.3 Å². The second-order valence-electron chi connectivity index (χ2n) is 6.78. The van der Waals surface area contributed by atoms with Crippen molar-refractivity contribution < 1.29 is 33.3 Å². The number of carbonyl (C=O) groups is 3. The number of hydrogen-bond acceptors (Lipinski definition) is 7. The lowest BCUT2D eigenvalue weighted by molar-refractivity contribution is -0.183. The first-order valence-corrected chi connectivity index (χ1v) is 9.33. The highest BCUT2D eigenvalue weighted by Crippen LogP contribution is 2.34. The van der Waals surface area contributed by atoms with Gasteiger partial charge in [0.15, 0.2) is 17.7 Å². The van der Waals surface area contributed by atoms with Crippen molar-refractivity contribution in [2.75, 3.05) is 0 Å². The molecule has 27 heavy (non-hydrogen) atoms. The average molecular weight is 443 g/mol. The Hall–Kier alpha value is -1.77. The Morgan fingerprint density at radius 1 is 1.26 bits per heavy atom. The third kappa shape index (κ3) is 5.85. The second-order valence-corrected chi connectivity index (χ2v) is 7.70. The maximum Gasteiger partial charge on any atom is 0.303 e. The lowest BCUT2D eigenvalue weighted by Crippen LogP contribution is -2.46. The van der Waals surface area contributed by atoms with Gasteiger partial charge in [-0.2, -0.15) is 0 Å². The molecule has 2 rings (SSSR count). The second kappa shape index (κ2) is 8.95. The van der Waals surface area contributed by atoms with E-state index in [1.165, 1.54) is 6.92 Å². The predicted octanol–water partition coefficient (Wildman–Crippen LogP) is 3.04. The first-order chi connectivity index (χ1) is 12.6. The summed E-state index contributed by atoms with van der Waals surface area (Å²) in [4.78, 5) is 34.9. The van der Waals surface area contributed by atoms with Gasteiger partial charge in [-0.1, -0.05) is 28.1 Å². The molecule has 4 atom stereocenters. The van der Waals surface area contributed by atoms with E-state index in [9.17, 15) is 14.4 Å². The molecule has 1 aromatic carbocycles. The molecule has 1 heterocycles. The standard InChI is InChI=1S/C19H23BrO7/c1-11(24-10-21)17(25-12(2)22)18-16(26-19(3,4)27-18)9-15(23)13-5-7-14(20)8-6-13/h5-8,10-11,16-18H,9H2,1-4H3/t11-,16+,17-,18-/m0/s1. The van der Waals surface area contributed by atoms with E-state index in [0.717, 1.165) is 4.47 Å². The fraction of sp³-hybridized carbons (Fsp3) is 0.526. The lowest BCUT2D eigenvalue weighted by Gasteiger charge is -2.29. The molecule has 148 valence electrons. The summed E-state index contributed by atoms with van der Waals surface area (Å²) in [5.41, 5.74) is 0.534. The van der Waals surface area contributed by atoms with Crippen LogP contribution < -0.4 is 0 Å². The molecule has 0 amide bonds. The van der Waals surface area contributed by atoms with Crippen molar-refractivity contribution in [2.24, 2.45) is 0 Å². The molecule has 0 unspecified atom stereocenters. The zero-order chi connectivity index (χ0) is 20.2. The van der Waals surface area contributed by atoms with Gasteiger partial charge in [0.05, 0.1) is 6.10 Å². The zero-order valence-electron chi connectivity index (χ0n) is 15.6. The number of benzene rings is 1. The van der Waals surface area contributed by atoms with E-state index in [0.29, 0.717) is 5.56 Å². The van der Waals surface area contributed by atoms with Crippen molar-refractivity contribution in [1.29, 1.82) is 0 Å². The van der Waals surface area contributed by atoms with E-state index < -0.39 is 36.2 Å². The maximum atomic E-state index is 12.7. The van der Waals surface area contributed by atoms with Crippen LogP contribution in [0.2, 0.25) is 0 Å². The van der Waals surface area contributed by atoms with Crippen LogP contribution in [-0.2, 0) is 28.5 Å². The summed E-state index contributed by atoms with van der Waals surface area (Å²) in [5, 5.41) is 0. The van der Waals surface area contributed by atoms with Gasteiger partial charge in [0.25, 0.3) is 6.47 Å². The molecular formula is C19H23BrO7. The van der Waals surface area contributed by atoms with Crippen LogP contribution in [0.3, 0.4) is 0 Å². The predicted molar refractivity (Wildman–Crippen MR) is 99.1 cm³/mol. The first kappa shape index (κ1) is 21.5. The van der Waals surface area contributed by atoms with Crippen LogP contribution in [0, 0.1) is 0 Å². The molecule has 0 aromatic heterocycles. The first-order valence-electron chi connectivity index (χ1n) is 8.53. The molecule has 0 saturated carbocycles. The van der Waals surface area contributed by atoms with E-state index in [-0.39, 0.29) is 18.7 Å². The fourth-order valence-corrected chi connectivity index (χ4v) is 3.29. The quantitative estimate of drug-likeness (QED) is 0.347. The molecule has 1 aromatic rings. The molecule has 0 bridgehead atoms. The normalized spacial score (nSPS) is 23.3. The number of esters is 1. The van der Waals surface area contributed by atoms with Crippen molar-refractivity contribution >= 4 is 34.2 Å². The summed E-state index contributed by atoms with van der Waals surface area (Å²) in [6, 6.07) is 6.98. The van der Waals surface area contributed by atoms with Crippen molar-refractivity contribution in [3.8, 4) is 0 Å². The minimum atomic E-state index is -0.978. The summed E-state index contributed by atoms with van der Waals surface area (Å²) in [7, 11) is 0. The fourth-order valence-electron chi connectivity index (χ4n) is 3.02. The molecule has 0 radical (unpaired) electrons. The lowest BCUT2D eigenvalue weighted by atomic mass is 9.97. The van der Waals surface area contributed by atoms with Crippen LogP contribution in [0.4, 0.5) is 0 Å². The maximum absolute atomic E-state index is 12.7. The smallest absolute Gasteiger partial charge is 0.303 e. The molecule has 8 heteroatoms. The van der Waals surface area contributed by atoms with E-state index in [4.69, 9.17) is 18.9 Å². The average Bonchev–Trinajstić information content (AvgIpc) is 2.87. The highest BCUT2D eigenvalue weighted by atomic mass is 79.9. The third-order valence-corrected chi connectivity index (χ3v) is 4.66. The molecule has 1 aliphatic rings. The number of ketones is 1. The Kier molecular flexibility index (Phi) is 7.13. The van der Waals surface area contributed by atoms with Crippen LogP contribution >= 0.6 is 15.9 Å². The van der Waals surface area contributed by atoms with Gasteiger partial charge in [-0.05, 0) is 32.9 Å². The molecule has 7 nitrogen and oxygen atoms in total. The van der Waals surface area contributed by atoms with Crippen molar-refractivity contribution in [3.63, 3.8) is 0 Å². The summed E-state index contributed by atoms with van der Waals surface area (Å²) < 4.78 is 22.9. The van der Waals surface area contributed by atoms with Gasteiger partial charge in [-0.15, -0.1) is 0 Å². The van der Waals surface area contributed by atoms with Crippen LogP contribution in [0.1, 0.15) is 44.5 Å². The molecule has 0 aliphatic carbocycles. The van der Waals surface area contributed by atoms with Crippen LogP contribution in [0.5, 0.6) is 0 Å². The number of Topliss-reactive ketones (excluding diaryl/α,β-unsaturated/α-hetero) is 1. The van der Waals surface area contributed by atoms with Gasteiger partial charge < -0.3 is 18.9 Å². The molecule has 1 fully saturated rings. The summed E-state index contributed by atoms with van der Waals surface area (Å²) in [6.45, 7) is 6.54. The Morgan fingerprint density at radius 2 is 1.89 bits per heavy atom. The van der Waals surface area contributed by atoms with E-state index in [1.807, 2.05) is 0 Å². The Morgan fingerprint density at radius 3 is 2.44 bits per heavy atom. The number of carbonyl (C=O) groups excluding carboxylic acids is 3. The van der Waals surface area contributed by atoms with Crippen LogP contribution in [-0.4, -0.2) is 48.4 Å². The Labute approximate surface area is 166 Å². The third-order valence-electron chi connectivity index (χ3n) is 4.13. The number of rotatable bonds is 8. The van der Waals surface area contributed by atoms with Crippen LogP contribution in [0.15, 0.2) is 28.7 Å². The topological polar surface area (TPSA) is 88.1 Å². The minimum Gasteiger partial charge on any atom is -0.461 e. The molecule has 1 saturated heterocycles. The highest BCUT2D eigenvalue weighted by Gasteiger charge is 2.49. The molecule has 1 aliphatic heterocycles. The van der Waals surface area contributed by atoms with E-state index in [1.54, 1.807) is 45.0 Å². The van der Waals surface area contributed by atoms with Crippen molar-refractivity contribution in [2.45, 2.75) is 64.3 Å². The summed E-state index contributed by atoms with van der Waals surface area (Å²) >= 11 is 3.33. The molecule has 0 spiro atoms. The Balaban J connectivity index is 2.22. The van der Waals surface area contributed by atoms with Gasteiger partial charge in [-0.25, -0.2) is 0 Å². The zero-order valence-corrected chi connectivity index (χ0v) is 17.2. The van der Waals surface area contributed by atoms with E-state index in [2.05, 4.69) is 15.9 Å².